The monoisotopic (exact) mass is 320 g/mol. The number of benzene rings is 1. The number of nitrogens with one attached hydrogen (secondary N) is 2. The van der Waals surface area contributed by atoms with Crippen LogP contribution in [0.25, 0.3) is 0 Å². The first-order chi connectivity index (χ1) is 9.22. The number of phenolic OH excluding ortho intramolecular Hbond substituents is 1. The van der Waals surface area contributed by atoms with Gasteiger partial charge in [0.15, 0.2) is 0 Å². The summed E-state index contributed by atoms with van der Waals surface area (Å²) in [6.45, 7) is 2.80. The van der Waals surface area contributed by atoms with Gasteiger partial charge in [-0.2, -0.15) is 0 Å². The van der Waals surface area contributed by atoms with Gasteiger partial charge in [-0.05, 0) is 24.3 Å². The normalized spacial score (nSPS) is 9.85. The van der Waals surface area contributed by atoms with Crippen molar-refractivity contribution in [3.05, 3.63) is 24.3 Å². The minimum atomic E-state index is 0. The van der Waals surface area contributed by atoms with Gasteiger partial charge in [0.05, 0.1) is 12.4 Å². The van der Waals surface area contributed by atoms with Gasteiger partial charge in [-0.25, -0.2) is 0 Å². The van der Waals surface area contributed by atoms with Crippen LogP contribution < -0.4 is 10.6 Å². The second kappa shape index (κ2) is 11.8. The lowest BCUT2D eigenvalue weighted by Gasteiger charge is -2.06. The Labute approximate surface area is 129 Å². The quantitative estimate of drug-likeness (QED) is 0.472. The molecule has 0 saturated carbocycles. The predicted octanol–water partition coefficient (Wildman–Crippen LogP) is 1.26. The van der Waals surface area contributed by atoms with Crippen LogP contribution in [0.2, 0.25) is 0 Å². The van der Waals surface area contributed by atoms with E-state index in [0.29, 0.717) is 18.9 Å². The number of hydrogen-bond acceptors (Lipinski definition) is 5. The number of carbonyl (C=O) groups excluding carboxylic acids is 1. The average molecular weight is 321 g/mol. The largest absolute Gasteiger partial charge is 0.508 e. The summed E-state index contributed by atoms with van der Waals surface area (Å²) in [5, 5.41) is 15.1. The van der Waals surface area contributed by atoms with Crippen LogP contribution in [0.3, 0.4) is 0 Å². The fourth-order valence-electron chi connectivity index (χ4n) is 1.33. The molecule has 7 heteroatoms. The lowest BCUT2D eigenvalue weighted by Crippen LogP contribution is -2.33. The van der Waals surface area contributed by atoms with E-state index in [1.165, 1.54) is 11.8 Å². The molecule has 1 aromatic carbocycles. The number of rotatable bonds is 9. The molecule has 0 bridgehead atoms. The number of phenols is 1. The van der Waals surface area contributed by atoms with E-state index in [-0.39, 0.29) is 24.1 Å². The van der Waals surface area contributed by atoms with Crippen LogP contribution in [0.5, 0.6) is 5.75 Å². The van der Waals surface area contributed by atoms with Crippen LogP contribution >= 0.6 is 24.2 Å². The van der Waals surface area contributed by atoms with E-state index in [1.54, 1.807) is 31.4 Å². The van der Waals surface area contributed by atoms with Crippen molar-refractivity contribution in [1.82, 2.24) is 10.6 Å². The minimum Gasteiger partial charge on any atom is -0.508 e. The van der Waals surface area contributed by atoms with Gasteiger partial charge in [0.2, 0.25) is 5.91 Å². The molecule has 1 rings (SSSR count). The molecule has 114 valence electrons. The van der Waals surface area contributed by atoms with Crippen molar-refractivity contribution in [2.75, 3.05) is 39.1 Å². The van der Waals surface area contributed by atoms with Crippen LogP contribution in [-0.4, -0.2) is 50.1 Å². The van der Waals surface area contributed by atoms with E-state index in [0.717, 1.165) is 18.0 Å². The van der Waals surface area contributed by atoms with Gasteiger partial charge in [-0.1, -0.05) is 0 Å². The zero-order chi connectivity index (χ0) is 13.9. The highest BCUT2D eigenvalue weighted by Crippen LogP contribution is 2.20. The summed E-state index contributed by atoms with van der Waals surface area (Å²) in [7, 11) is 1.66. The number of carbonyl (C=O) groups is 1. The molecule has 1 amide bonds. The average Bonchev–Trinajstić information content (AvgIpc) is 2.42. The number of thioether (sulfide) groups is 1. The van der Waals surface area contributed by atoms with Crippen molar-refractivity contribution in [2.24, 2.45) is 0 Å². The molecule has 0 aliphatic carbocycles. The maximum absolute atomic E-state index is 11.5. The molecule has 0 unspecified atom stereocenters. The van der Waals surface area contributed by atoms with Crippen molar-refractivity contribution in [3.63, 3.8) is 0 Å². The first-order valence-corrected chi connectivity index (χ1v) is 7.09. The molecule has 0 saturated heterocycles. The number of halogens is 1. The Morgan fingerprint density at radius 1 is 1.25 bits per heavy atom. The first-order valence-electron chi connectivity index (χ1n) is 6.10. The van der Waals surface area contributed by atoms with Crippen molar-refractivity contribution in [1.29, 1.82) is 0 Å². The molecule has 1 aromatic rings. The lowest BCUT2D eigenvalue weighted by molar-refractivity contribution is -0.118. The van der Waals surface area contributed by atoms with Gasteiger partial charge in [0.25, 0.3) is 0 Å². The van der Waals surface area contributed by atoms with Crippen LogP contribution in [0, 0.1) is 0 Å². The fourth-order valence-corrected chi connectivity index (χ4v) is 2.06. The Morgan fingerprint density at radius 2 is 1.95 bits per heavy atom. The van der Waals surface area contributed by atoms with Crippen LogP contribution in [0.4, 0.5) is 0 Å². The Hall–Kier alpha value is -0.950. The van der Waals surface area contributed by atoms with Crippen LogP contribution in [0.1, 0.15) is 0 Å². The van der Waals surface area contributed by atoms with Crippen LogP contribution in [-0.2, 0) is 9.53 Å². The summed E-state index contributed by atoms with van der Waals surface area (Å²) < 4.78 is 4.89. The fraction of sp³-hybridized carbons (Fsp3) is 0.462. The Kier molecular flexibility index (Phi) is 11.3. The van der Waals surface area contributed by atoms with Crippen molar-refractivity contribution >= 4 is 30.1 Å². The highest BCUT2D eigenvalue weighted by atomic mass is 35.5. The molecule has 0 heterocycles. The summed E-state index contributed by atoms with van der Waals surface area (Å²) in [4.78, 5) is 12.5. The third-order valence-corrected chi connectivity index (χ3v) is 3.33. The molecular formula is C13H21ClN2O3S. The number of methoxy groups -OCH3 is 1. The van der Waals surface area contributed by atoms with Gasteiger partial charge in [0, 0.05) is 31.6 Å². The van der Waals surface area contributed by atoms with Gasteiger partial charge in [-0.3, -0.25) is 4.79 Å². The van der Waals surface area contributed by atoms with E-state index < -0.39 is 0 Å². The number of aromatic hydroxyl groups is 1. The summed E-state index contributed by atoms with van der Waals surface area (Å²) in [6.07, 6.45) is 0. The molecule has 0 aliphatic rings. The van der Waals surface area contributed by atoms with Gasteiger partial charge < -0.3 is 20.5 Å². The molecular weight excluding hydrogens is 300 g/mol. The third kappa shape index (κ3) is 9.03. The maximum Gasteiger partial charge on any atom is 0.230 e. The SMILES string of the molecule is COCCNCCNC(=O)CSc1ccc(O)cc1.Cl. The smallest absolute Gasteiger partial charge is 0.230 e. The van der Waals surface area contributed by atoms with Crippen LogP contribution in [0.15, 0.2) is 29.2 Å². The van der Waals surface area contributed by atoms with Crippen molar-refractivity contribution in [2.45, 2.75) is 4.90 Å². The highest BCUT2D eigenvalue weighted by molar-refractivity contribution is 8.00. The zero-order valence-corrected chi connectivity index (χ0v) is 13.1. The summed E-state index contributed by atoms with van der Waals surface area (Å²) >= 11 is 1.45. The molecule has 0 aliphatic heterocycles. The molecule has 0 radical (unpaired) electrons. The highest BCUT2D eigenvalue weighted by Gasteiger charge is 2.02. The van der Waals surface area contributed by atoms with E-state index in [4.69, 9.17) is 9.84 Å². The first kappa shape index (κ1) is 19.1. The van der Waals surface area contributed by atoms with E-state index in [2.05, 4.69) is 10.6 Å². The molecule has 0 fully saturated rings. The Morgan fingerprint density at radius 3 is 2.60 bits per heavy atom. The number of ether oxygens (including phenoxy) is 1. The topological polar surface area (TPSA) is 70.6 Å². The van der Waals surface area contributed by atoms with E-state index in [1.807, 2.05) is 0 Å². The van der Waals surface area contributed by atoms with E-state index in [9.17, 15) is 4.79 Å². The van der Waals surface area contributed by atoms with Crippen molar-refractivity contribution in [3.8, 4) is 5.75 Å². The Balaban J connectivity index is 0.00000361. The Bertz CT molecular complexity index is 376. The minimum absolute atomic E-state index is 0. The number of amides is 1. The van der Waals surface area contributed by atoms with Gasteiger partial charge in [0.1, 0.15) is 5.75 Å². The molecule has 5 nitrogen and oxygen atoms in total. The molecule has 0 spiro atoms. The lowest BCUT2D eigenvalue weighted by atomic mass is 10.3. The molecule has 0 atom stereocenters. The second-order valence-corrected chi connectivity index (χ2v) is 4.92. The van der Waals surface area contributed by atoms with E-state index >= 15 is 0 Å². The van der Waals surface area contributed by atoms with Gasteiger partial charge in [-0.15, -0.1) is 24.2 Å². The summed E-state index contributed by atoms with van der Waals surface area (Å²) in [5.41, 5.74) is 0. The zero-order valence-electron chi connectivity index (χ0n) is 11.4. The summed E-state index contributed by atoms with van der Waals surface area (Å²) in [5.74, 6) is 0.616. The standard InChI is InChI=1S/C13H20N2O3S.ClH/c1-18-9-8-14-6-7-15-13(17)10-19-12-4-2-11(16)3-5-12;/h2-5,14,16H,6-10H2,1H3,(H,15,17);1H. The number of hydrogen-bond donors (Lipinski definition) is 3. The second-order valence-electron chi connectivity index (χ2n) is 3.88. The third-order valence-electron chi connectivity index (χ3n) is 2.31. The molecule has 0 aromatic heterocycles. The molecule has 20 heavy (non-hydrogen) atoms. The molecule has 3 N–H and O–H groups in total. The summed E-state index contributed by atoms with van der Waals surface area (Å²) in [6, 6.07) is 6.80. The van der Waals surface area contributed by atoms with Crippen molar-refractivity contribution < 1.29 is 14.6 Å². The maximum atomic E-state index is 11.5. The van der Waals surface area contributed by atoms with Gasteiger partial charge >= 0.3 is 0 Å². The predicted molar refractivity (Wildman–Crippen MR) is 83.8 cm³/mol.